The third-order valence-corrected chi connectivity index (χ3v) is 6.46. The summed E-state index contributed by atoms with van der Waals surface area (Å²) < 4.78 is 5.41. The highest BCUT2D eigenvalue weighted by Crippen LogP contribution is 2.43. The molecule has 1 aliphatic carbocycles. The van der Waals surface area contributed by atoms with Gasteiger partial charge in [-0.15, -0.1) is 11.3 Å². The predicted octanol–water partition coefficient (Wildman–Crippen LogP) is 4.34. The van der Waals surface area contributed by atoms with Crippen LogP contribution >= 0.6 is 11.3 Å². The summed E-state index contributed by atoms with van der Waals surface area (Å²) >= 11 is 1.54. The van der Waals surface area contributed by atoms with E-state index < -0.39 is 0 Å². The van der Waals surface area contributed by atoms with Crippen molar-refractivity contribution >= 4 is 17.2 Å². The van der Waals surface area contributed by atoms with Gasteiger partial charge in [0.25, 0.3) is 5.91 Å². The lowest BCUT2D eigenvalue weighted by Crippen LogP contribution is -2.39. The Kier molecular flexibility index (Phi) is 4.31. The summed E-state index contributed by atoms with van der Waals surface area (Å²) in [5.74, 6) is 2.49. The minimum absolute atomic E-state index is 0.206. The quantitative estimate of drug-likeness (QED) is 0.831. The van der Waals surface area contributed by atoms with Crippen molar-refractivity contribution in [3.8, 4) is 5.75 Å². The van der Waals surface area contributed by atoms with E-state index in [0.29, 0.717) is 11.8 Å². The Balaban J connectivity index is 1.43. The van der Waals surface area contributed by atoms with Crippen molar-refractivity contribution in [3.63, 3.8) is 0 Å². The highest BCUT2D eigenvalue weighted by molar-refractivity contribution is 7.12. The standard InChI is InChI=1S/C20H23NO2S/c1-23-16-6-4-14-5-7-17(18(14)13-16)15-8-10-21(11-9-15)20(22)19-3-2-12-24-19/h2-4,6,12-13,15,17H,5,7-11H2,1H3. The molecule has 4 rings (SSSR count). The number of hydrogen-bond donors (Lipinski definition) is 0. The van der Waals surface area contributed by atoms with Gasteiger partial charge >= 0.3 is 0 Å². The molecule has 0 radical (unpaired) electrons. The first kappa shape index (κ1) is 15.7. The molecule has 0 spiro atoms. The molecule has 0 N–H and O–H groups in total. The van der Waals surface area contributed by atoms with Gasteiger partial charge in [-0.2, -0.15) is 0 Å². The number of ether oxygens (including phenoxy) is 1. The molecule has 1 aromatic heterocycles. The molecule has 1 fully saturated rings. The van der Waals surface area contributed by atoms with Crippen LogP contribution in [0.5, 0.6) is 5.75 Å². The number of amides is 1. The van der Waals surface area contributed by atoms with Crippen molar-refractivity contribution in [1.82, 2.24) is 4.90 Å². The van der Waals surface area contributed by atoms with Gasteiger partial charge in [0.05, 0.1) is 12.0 Å². The summed E-state index contributed by atoms with van der Waals surface area (Å²) in [4.78, 5) is 15.4. The number of likely N-dealkylation sites (tertiary alicyclic amines) is 1. The fourth-order valence-corrected chi connectivity index (χ4v) is 4.98. The molecule has 4 heteroatoms. The second-order valence-electron chi connectivity index (χ2n) is 6.82. The number of aryl methyl sites for hydroxylation is 1. The van der Waals surface area contributed by atoms with Crippen molar-refractivity contribution in [1.29, 1.82) is 0 Å². The number of fused-ring (bicyclic) bond motifs is 1. The monoisotopic (exact) mass is 341 g/mol. The number of piperidine rings is 1. The van der Waals surface area contributed by atoms with Gasteiger partial charge in [0.1, 0.15) is 5.75 Å². The van der Waals surface area contributed by atoms with E-state index in [4.69, 9.17) is 4.74 Å². The van der Waals surface area contributed by atoms with Crippen molar-refractivity contribution in [3.05, 3.63) is 51.7 Å². The van der Waals surface area contributed by atoms with E-state index >= 15 is 0 Å². The number of hydrogen-bond acceptors (Lipinski definition) is 3. The highest BCUT2D eigenvalue weighted by atomic mass is 32.1. The molecule has 3 nitrogen and oxygen atoms in total. The van der Waals surface area contributed by atoms with Gasteiger partial charge in [-0.3, -0.25) is 4.79 Å². The van der Waals surface area contributed by atoms with Crippen LogP contribution in [0.15, 0.2) is 35.7 Å². The van der Waals surface area contributed by atoms with Crippen LogP contribution in [0.1, 0.15) is 46.0 Å². The Hall–Kier alpha value is -1.81. The fraction of sp³-hybridized carbons (Fsp3) is 0.450. The predicted molar refractivity (Wildman–Crippen MR) is 97.0 cm³/mol. The van der Waals surface area contributed by atoms with Crippen LogP contribution in [0.25, 0.3) is 0 Å². The molecule has 24 heavy (non-hydrogen) atoms. The van der Waals surface area contributed by atoms with E-state index in [1.165, 1.54) is 24.0 Å². The topological polar surface area (TPSA) is 29.5 Å². The molecule has 1 atom stereocenters. The Morgan fingerprint density at radius 2 is 2.04 bits per heavy atom. The van der Waals surface area contributed by atoms with Crippen molar-refractivity contribution in [2.24, 2.45) is 5.92 Å². The second kappa shape index (κ2) is 6.60. The zero-order valence-corrected chi connectivity index (χ0v) is 14.8. The van der Waals surface area contributed by atoms with Crippen LogP contribution in [0.4, 0.5) is 0 Å². The van der Waals surface area contributed by atoms with Gasteiger partial charge in [0.2, 0.25) is 0 Å². The average Bonchev–Trinajstić information content (AvgIpc) is 3.30. The van der Waals surface area contributed by atoms with Gasteiger partial charge in [0.15, 0.2) is 0 Å². The Labute approximate surface area is 147 Å². The Bertz CT molecular complexity index is 717. The van der Waals surface area contributed by atoms with E-state index in [-0.39, 0.29) is 5.91 Å². The third-order valence-electron chi connectivity index (χ3n) is 5.61. The van der Waals surface area contributed by atoms with Crippen molar-refractivity contribution in [2.45, 2.75) is 31.6 Å². The third kappa shape index (κ3) is 2.84. The van der Waals surface area contributed by atoms with Crippen LogP contribution in [-0.4, -0.2) is 31.0 Å². The normalized spacial score (nSPS) is 20.9. The minimum atomic E-state index is 0.206. The molecule has 0 saturated carbocycles. The number of nitrogens with zero attached hydrogens (tertiary/aromatic N) is 1. The van der Waals surface area contributed by atoms with Crippen LogP contribution in [0.2, 0.25) is 0 Å². The van der Waals surface area contributed by atoms with Gasteiger partial charge in [-0.05, 0) is 72.2 Å². The largest absolute Gasteiger partial charge is 0.497 e. The molecule has 1 amide bonds. The number of carbonyl (C=O) groups is 1. The maximum Gasteiger partial charge on any atom is 0.263 e. The van der Waals surface area contributed by atoms with E-state index in [1.54, 1.807) is 18.4 Å². The number of rotatable bonds is 3. The van der Waals surface area contributed by atoms with Crippen LogP contribution < -0.4 is 4.74 Å². The zero-order valence-electron chi connectivity index (χ0n) is 14.0. The lowest BCUT2D eigenvalue weighted by atomic mass is 9.81. The highest BCUT2D eigenvalue weighted by Gasteiger charge is 2.33. The molecule has 126 valence electrons. The van der Waals surface area contributed by atoms with E-state index in [9.17, 15) is 4.79 Å². The lowest BCUT2D eigenvalue weighted by molar-refractivity contribution is 0.0682. The molecule has 2 heterocycles. The number of thiophene rings is 1. The Morgan fingerprint density at radius 1 is 1.21 bits per heavy atom. The van der Waals surface area contributed by atoms with Gasteiger partial charge in [-0.25, -0.2) is 0 Å². The SMILES string of the molecule is COc1ccc2c(c1)C(C1CCN(C(=O)c3cccs3)CC1)CC2. The molecular formula is C20H23NO2S. The van der Waals surface area contributed by atoms with Gasteiger partial charge in [-0.1, -0.05) is 12.1 Å². The van der Waals surface area contributed by atoms with E-state index in [0.717, 1.165) is 36.6 Å². The summed E-state index contributed by atoms with van der Waals surface area (Å²) in [5.41, 5.74) is 2.97. The first-order valence-electron chi connectivity index (χ1n) is 8.76. The van der Waals surface area contributed by atoms with E-state index in [2.05, 4.69) is 18.2 Å². The minimum Gasteiger partial charge on any atom is -0.497 e. The first-order chi connectivity index (χ1) is 11.8. The average molecular weight is 341 g/mol. The van der Waals surface area contributed by atoms with Crippen molar-refractivity contribution < 1.29 is 9.53 Å². The maximum atomic E-state index is 12.5. The summed E-state index contributed by atoms with van der Waals surface area (Å²) in [6.45, 7) is 1.77. The Morgan fingerprint density at radius 3 is 2.75 bits per heavy atom. The van der Waals surface area contributed by atoms with Gasteiger partial charge < -0.3 is 9.64 Å². The molecule has 2 aromatic rings. The lowest BCUT2D eigenvalue weighted by Gasteiger charge is -2.35. The summed E-state index contributed by atoms with van der Waals surface area (Å²) in [7, 11) is 1.74. The number of methoxy groups -OCH3 is 1. The summed E-state index contributed by atoms with van der Waals surface area (Å²) in [6, 6.07) is 10.4. The molecule has 1 aromatic carbocycles. The smallest absolute Gasteiger partial charge is 0.263 e. The van der Waals surface area contributed by atoms with Crippen molar-refractivity contribution in [2.75, 3.05) is 20.2 Å². The molecule has 1 unspecified atom stereocenters. The number of benzene rings is 1. The molecule has 1 aliphatic heterocycles. The molecule has 2 aliphatic rings. The van der Waals surface area contributed by atoms with Crippen LogP contribution in [0.3, 0.4) is 0 Å². The van der Waals surface area contributed by atoms with Gasteiger partial charge in [0, 0.05) is 13.1 Å². The fourth-order valence-electron chi connectivity index (χ4n) is 4.29. The second-order valence-corrected chi connectivity index (χ2v) is 7.76. The summed E-state index contributed by atoms with van der Waals surface area (Å²) in [6.07, 6.45) is 4.64. The first-order valence-corrected chi connectivity index (χ1v) is 9.64. The van der Waals surface area contributed by atoms with Crippen LogP contribution in [0, 0.1) is 5.92 Å². The summed E-state index contributed by atoms with van der Waals surface area (Å²) in [5, 5.41) is 1.98. The number of carbonyl (C=O) groups excluding carboxylic acids is 1. The molecule has 0 bridgehead atoms. The maximum absolute atomic E-state index is 12.5. The molecular weight excluding hydrogens is 318 g/mol. The van der Waals surface area contributed by atoms with E-state index in [1.807, 2.05) is 22.4 Å². The molecule has 1 saturated heterocycles. The van der Waals surface area contributed by atoms with Crippen LogP contribution in [-0.2, 0) is 6.42 Å². The zero-order chi connectivity index (χ0) is 16.5.